The average Bonchev–Trinajstić information content (AvgIpc) is 2.54. The van der Waals surface area contributed by atoms with Crippen molar-refractivity contribution in [3.63, 3.8) is 0 Å². The van der Waals surface area contributed by atoms with Crippen LogP contribution in [0.2, 0.25) is 0 Å². The molecule has 0 radical (unpaired) electrons. The van der Waals surface area contributed by atoms with Crippen LogP contribution in [0.5, 0.6) is 0 Å². The predicted molar refractivity (Wildman–Crippen MR) is 48.7 cm³/mol. The number of hydrogen-bond acceptors (Lipinski definition) is 2. The van der Waals surface area contributed by atoms with Crippen LogP contribution in [0.3, 0.4) is 0 Å². The van der Waals surface area contributed by atoms with Gasteiger partial charge in [0, 0.05) is 23.7 Å². The lowest BCUT2D eigenvalue weighted by Gasteiger charge is -2.02. The lowest BCUT2D eigenvalue weighted by molar-refractivity contribution is 0.545. The van der Waals surface area contributed by atoms with Gasteiger partial charge in [-0.3, -0.25) is 0 Å². The van der Waals surface area contributed by atoms with Crippen LogP contribution in [0.1, 0.15) is 25.3 Å². The summed E-state index contributed by atoms with van der Waals surface area (Å²) in [5.74, 6) is -0.255. The molecule has 1 aliphatic rings. The van der Waals surface area contributed by atoms with Crippen molar-refractivity contribution in [1.29, 1.82) is 0 Å². The van der Waals surface area contributed by atoms with Crippen LogP contribution >= 0.6 is 0 Å². The Labute approximate surface area is 77.0 Å². The summed E-state index contributed by atoms with van der Waals surface area (Å²) in [6.07, 6.45) is 1.46. The first-order chi connectivity index (χ1) is 6.05. The molecule has 2 rings (SSSR count). The number of halogens is 1. The van der Waals surface area contributed by atoms with E-state index in [-0.39, 0.29) is 23.3 Å². The Morgan fingerprint density at radius 3 is 2.62 bits per heavy atom. The second-order valence-electron chi connectivity index (χ2n) is 4.21. The van der Waals surface area contributed by atoms with Gasteiger partial charge in [0.05, 0.1) is 0 Å². The third-order valence-corrected chi connectivity index (χ3v) is 3.03. The van der Waals surface area contributed by atoms with Gasteiger partial charge in [-0.2, -0.15) is 4.39 Å². The third kappa shape index (κ3) is 1.15. The van der Waals surface area contributed by atoms with Gasteiger partial charge in [0.2, 0.25) is 5.95 Å². The highest BCUT2D eigenvalue weighted by Gasteiger charge is 2.57. The second kappa shape index (κ2) is 2.51. The van der Waals surface area contributed by atoms with E-state index in [0.717, 1.165) is 0 Å². The Kier molecular flexibility index (Phi) is 1.67. The fraction of sp³-hybridized carbons (Fsp3) is 0.500. The Balaban J connectivity index is 2.34. The Bertz CT molecular complexity index is 335. The molecule has 2 nitrogen and oxygen atoms in total. The zero-order valence-corrected chi connectivity index (χ0v) is 7.79. The quantitative estimate of drug-likeness (QED) is 0.668. The smallest absolute Gasteiger partial charge is 0.216 e. The number of aromatic nitrogens is 1. The Hall–Kier alpha value is -0.960. The van der Waals surface area contributed by atoms with Crippen molar-refractivity contribution in [2.24, 2.45) is 11.1 Å². The highest BCUT2D eigenvalue weighted by Crippen LogP contribution is 2.57. The van der Waals surface area contributed by atoms with Crippen LogP contribution in [0, 0.1) is 11.4 Å². The minimum Gasteiger partial charge on any atom is -0.327 e. The van der Waals surface area contributed by atoms with Crippen molar-refractivity contribution in [2.45, 2.75) is 25.8 Å². The molecule has 0 amide bonds. The molecule has 0 bridgehead atoms. The summed E-state index contributed by atoms with van der Waals surface area (Å²) in [5, 5.41) is 0. The van der Waals surface area contributed by atoms with Crippen molar-refractivity contribution in [3.05, 3.63) is 29.8 Å². The van der Waals surface area contributed by atoms with Gasteiger partial charge < -0.3 is 5.73 Å². The highest BCUT2D eigenvalue weighted by molar-refractivity contribution is 5.32. The molecular formula is C10H13FN2. The number of nitrogens with zero attached hydrogens (tertiary/aromatic N) is 1. The van der Waals surface area contributed by atoms with Gasteiger partial charge in [0.25, 0.3) is 0 Å². The maximum atomic E-state index is 13.2. The Morgan fingerprint density at radius 2 is 2.15 bits per heavy atom. The van der Waals surface area contributed by atoms with Crippen LogP contribution in [0.4, 0.5) is 4.39 Å². The maximum Gasteiger partial charge on any atom is 0.216 e. The second-order valence-corrected chi connectivity index (χ2v) is 4.21. The minimum atomic E-state index is -0.381. The molecule has 1 saturated carbocycles. The number of nitrogens with two attached hydrogens (primary N) is 1. The monoisotopic (exact) mass is 180 g/mol. The van der Waals surface area contributed by atoms with Crippen LogP contribution in [-0.2, 0) is 0 Å². The predicted octanol–water partition coefficient (Wildman–Crippen LogP) is 1.67. The van der Waals surface area contributed by atoms with Crippen molar-refractivity contribution >= 4 is 0 Å². The Morgan fingerprint density at radius 1 is 1.54 bits per heavy atom. The number of hydrogen-bond donors (Lipinski definition) is 1. The van der Waals surface area contributed by atoms with Gasteiger partial charge in [-0.1, -0.05) is 19.9 Å². The molecule has 0 aliphatic heterocycles. The van der Waals surface area contributed by atoms with E-state index < -0.39 is 0 Å². The zero-order chi connectivity index (χ0) is 9.64. The number of pyridine rings is 1. The molecule has 1 heterocycles. The van der Waals surface area contributed by atoms with Gasteiger partial charge in [-0.05, 0) is 11.5 Å². The minimum absolute atomic E-state index is 0.0177. The molecule has 13 heavy (non-hydrogen) atoms. The van der Waals surface area contributed by atoms with E-state index in [1.165, 1.54) is 6.20 Å². The molecule has 1 aliphatic carbocycles. The van der Waals surface area contributed by atoms with E-state index in [0.29, 0.717) is 5.56 Å². The first kappa shape index (κ1) is 8.63. The summed E-state index contributed by atoms with van der Waals surface area (Å²) >= 11 is 0. The molecule has 0 aromatic carbocycles. The lowest BCUT2D eigenvalue weighted by atomic mass is 10.0. The lowest BCUT2D eigenvalue weighted by Crippen LogP contribution is -2.06. The van der Waals surface area contributed by atoms with E-state index in [4.69, 9.17) is 5.73 Å². The molecule has 70 valence electrons. The highest BCUT2D eigenvalue weighted by atomic mass is 19.1. The molecule has 0 saturated heterocycles. The maximum absolute atomic E-state index is 13.2. The fourth-order valence-electron chi connectivity index (χ4n) is 1.90. The first-order valence-corrected chi connectivity index (χ1v) is 4.41. The number of rotatable bonds is 1. The molecule has 2 unspecified atom stereocenters. The molecule has 2 atom stereocenters. The topological polar surface area (TPSA) is 38.9 Å². The van der Waals surface area contributed by atoms with Gasteiger partial charge >= 0.3 is 0 Å². The third-order valence-electron chi connectivity index (χ3n) is 3.03. The average molecular weight is 180 g/mol. The zero-order valence-electron chi connectivity index (χ0n) is 7.79. The van der Waals surface area contributed by atoms with Crippen molar-refractivity contribution in [3.8, 4) is 0 Å². The largest absolute Gasteiger partial charge is 0.327 e. The van der Waals surface area contributed by atoms with Crippen LogP contribution < -0.4 is 5.73 Å². The normalized spacial score (nSPS) is 30.2. The molecule has 3 heteroatoms. The van der Waals surface area contributed by atoms with Gasteiger partial charge in [0.1, 0.15) is 0 Å². The van der Waals surface area contributed by atoms with E-state index in [1.54, 1.807) is 12.1 Å². The molecule has 1 aromatic rings. The van der Waals surface area contributed by atoms with E-state index in [9.17, 15) is 4.39 Å². The molecule has 2 N–H and O–H groups in total. The van der Waals surface area contributed by atoms with Gasteiger partial charge in [-0.25, -0.2) is 4.98 Å². The van der Waals surface area contributed by atoms with Crippen molar-refractivity contribution in [1.82, 2.24) is 4.98 Å². The summed E-state index contributed by atoms with van der Waals surface area (Å²) in [6, 6.07) is 3.58. The van der Waals surface area contributed by atoms with E-state index >= 15 is 0 Å². The fourth-order valence-corrected chi connectivity index (χ4v) is 1.90. The van der Waals surface area contributed by atoms with Gasteiger partial charge in [-0.15, -0.1) is 0 Å². The van der Waals surface area contributed by atoms with Crippen LogP contribution in [0.15, 0.2) is 18.3 Å². The molecule has 1 fully saturated rings. The molecular weight excluding hydrogens is 167 g/mol. The molecule has 1 aromatic heterocycles. The van der Waals surface area contributed by atoms with E-state index in [1.807, 2.05) is 0 Å². The standard InChI is InChI=1S/C10H13FN2/c1-10(2)7(8(10)12)6-4-3-5-13-9(6)11/h3-5,7-8H,12H2,1-2H3. The summed E-state index contributed by atoms with van der Waals surface area (Å²) < 4.78 is 13.2. The summed E-state index contributed by atoms with van der Waals surface area (Å²) in [6.45, 7) is 4.10. The summed E-state index contributed by atoms with van der Waals surface area (Å²) in [4.78, 5) is 3.62. The van der Waals surface area contributed by atoms with Crippen molar-refractivity contribution < 1.29 is 4.39 Å². The van der Waals surface area contributed by atoms with Crippen LogP contribution in [-0.4, -0.2) is 11.0 Å². The van der Waals surface area contributed by atoms with Gasteiger partial charge in [0.15, 0.2) is 0 Å². The van der Waals surface area contributed by atoms with Crippen LogP contribution in [0.25, 0.3) is 0 Å². The van der Waals surface area contributed by atoms with E-state index in [2.05, 4.69) is 18.8 Å². The SMILES string of the molecule is CC1(C)C(N)C1c1cccnc1F. The summed E-state index contributed by atoms with van der Waals surface area (Å²) in [5.41, 5.74) is 6.52. The molecule has 0 spiro atoms. The first-order valence-electron chi connectivity index (χ1n) is 4.41. The summed E-state index contributed by atoms with van der Waals surface area (Å²) in [7, 11) is 0. The van der Waals surface area contributed by atoms with Crippen molar-refractivity contribution in [2.75, 3.05) is 0 Å².